The molecular formula is C10H11N3O2. The van der Waals surface area contributed by atoms with E-state index in [0.717, 1.165) is 0 Å². The normalized spacial score (nSPS) is 10.5. The molecule has 0 aliphatic carbocycles. The quantitative estimate of drug-likeness (QED) is 0.745. The van der Waals surface area contributed by atoms with Gasteiger partial charge in [-0.3, -0.25) is 4.40 Å². The van der Waals surface area contributed by atoms with Gasteiger partial charge in [0.2, 0.25) is 0 Å². The van der Waals surface area contributed by atoms with Crippen molar-refractivity contribution in [2.45, 2.75) is 6.92 Å². The molecule has 0 saturated carbocycles. The van der Waals surface area contributed by atoms with Gasteiger partial charge in [-0.2, -0.15) is 0 Å². The van der Waals surface area contributed by atoms with Crippen molar-refractivity contribution in [1.29, 1.82) is 0 Å². The fourth-order valence-corrected chi connectivity index (χ4v) is 1.35. The summed E-state index contributed by atoms with van der Waals surface area (Å²) in [5.41, 5.74) is 7.26. The lowest BCUT2D eigenvalue weighted by Gasteiger charge is -2.01. The lowest BCUT2D eigenvalue weighted by molar-refractivity contribution is 0.0518. The number of ether oxygens (including phenoxy) is 1. The largest absolute Gasteiger partial charge is 0.461 e. The van der Waals surface area contributed by atoms with Gasteiger partial charge >= 0.3 is 5.97 Å². The third-order valence-corrected chi connectivity index (χ3v) is 2.02. The summed E-state index contributed by atoms with van der Waals surface area (Å²) >= 11 is 0. The molecule has 0 aliphatic rings. The molecule has 2 heterocycles. The van der Waals surface area contributed by atoms with Crippen LogP contribution in [0, 0.1) is 0 Å². The number of carbonyl (C=O) groups excluding carboxylic acids is 1. The topological polar surface area (TPSA) is 69.6 Å². The zero-order valence-corrected chi connectivity index (χ0v) is 8.30. The van der Waals surface area contributed by atoms with Gasteiger partial charge in [-0.05, 0) is 13.0 Å². The highest BCUT2D eigenvalue weighted by atomic mass is 16.5. The van der Waals surface area contributed by atoms with E-state index in [4.69, 9.17) is 10.5 Å². The number of carbonyl (C=O) groups is 1. The smallest absolute Gasteiger partial charge is 0.356 e. The van der Waals surface area contributed by atoms with Crippen LogP contribution < -0.4 is 5.73 Å². The van der Waals surface area contributed by atoms with Gasteiger partial charge in [-0.15, -0.1) is 0 Å². The molecule has 0 saturated heterocycles. The number of rotatable bonds is 2. The highest BCUT2D eigenvalue weighted by Gasteiger charge is 2.12. The van der Waals surface area contributed by atoms with Gasteiger partial charge in [-0.1, -0.05) is 0 Å². The maximum atomic E-state index is 11.5. The van der Waals surface area contributed by atoms with Crippen molar-refractivity contribution >= 4 is 17.3 Å². The van der Waals surface area contributed by atoms with E-state index in [-0.39, 0.29) is 5.97 Å². The maximum Gasteiger partial charge on any atom is 0.356 e. The molecule has 5 heteroatoms. The Labute approximate surface area is 86.5 Å². The van der Waals surface area contributed by atoms with Gasteiger partial charge in [0.15, 0.2) is 5.69 Å². The molecule has 0 atom stereocenters. The zero-order chi connectivity index (χ0) is 10.8. The summed E-state index contributed by atoms with van der Waals surface area (Å²) in [4.78, 5) is 15.6. The van der Waals surface area contributed by atoms with Crippen molar-refractivity contribution in [2.75, 3.05) is 12.3 Å². The number of hydrogen-bond acceptors (Lipinski definition) is 4. The van der Waals surface area contributed by atoms with E-state index in [0.29, 0.717) is 23.6 Å². The Hall–Kier alpha value is -2.04. The van der Waals surface area contributed by atoms with Crippen molar-refractivity contribution in [3.8, 4) is 0 Å². The molecule has 0 bridgehead atoms. The zero-order valence-electron chi connectivity index (χ0n) is 8.30. The number of fused-ring (bicyclic) bond motifs is 1. The van der Waals surface area contributed by atoms with E-state index in [1.165, 1.54) is 6.20 Å². The highest BCUT2D eigenvalue weighted by molar-refractivity contribution is 5.88. The summed E-state index contributed by atoms with van der Waals surface area (Å²) in [6, 6.07) is 3.40. The van der Waals surface area contributed by atoms with Crippen molar-refractivity contribution in [2.24, 2.45) is 0 Å². The van der Waals surface area contributed by atoms with Gasteiger partial charge in [-0.25, -0.2) is 9.78 Å². The molecule has 5 nitrogen and oxygen atoms in total. The van der Waals surface area contributed by atoms with Crippen molar-refractivity contribution in [3.05, 3.63) is 30.2 Å². The minimum atomic E-state index is -0.380. The van der Waals surface area contributed by atoms with Crippen LogP contribution in [0.3, 0.4) is 0 Å². The molecular weight excluding hydrogens is 194 g/mol. The van der Waals surface area contributed by atoms with Gasteiger partial charge in [0.05, 0.1) is 12.8 Å². The second-order valence-corrected chi connectivity index (χ2v) is 3.05. The first kappa shape index (κ1) is 9.51. The third kappa shape index (κ3) is 1.63. The molecule has 0 aliphatic heterocycles. The molecule has 15 heavy (non-hydrogen) atoms. The SMILES string of the molecule is CCOC(=O)c1cnc2cc(N)ccn12. The number of esters is 1. The van der Waals surface area contributed by atoms with Gasteiger partial charge in [0, 0.05) is 18.0 Å². The monoisotopic (exact) mass is 205 g/mol. The lowest BCUT2D eigenvalue weighted by Crippen LogP contribution is -2.07. The first-order valence-corrected chi connectivity index (χ1v) is 4.62. The molecule has 0 amide bonds. The first-order valence-electron chi connectivity index (χ1n) is 4.62. The Balaban J connectivity index is 2.49. The third-order valence-electron chi connectivity index (χ3n) is 2.02. The van der Waals surface area contributed by atoms with Gasteiger partial charge < -0.3 is 10.5 Å². The fourth-order valence-electron chi connectivity index (χ4n) is 1.35. The summed E-state index contributed by atoms with van der Waals surface area (Å²) in [5, 5.41) is 0. The first-order chi connectivity index (χ1) is 7.22. The standard InChI is InChI=1S/C10H11N3O2/c1-2-15-10(14)8-6-12-9-5-7(11)3-4-13(8)9/h3-6H,2,11H2,1H3. The number of imidazole rings is 1. The molecule has 78 valence electrons. The Morgan fingerprint density at radius 3 is 3.20 bits per heavy atom. The Morgan fingerprint density at radius 2 is 2.47 bits per heavy atom. The maximum absolute atomic E-state index is 11.5. The predicted molar refractivity (Wildman–Crippen MR) is 55.6 cm³/mol. The lowest BCUT2D eigenvalue weighted by atomic mass is 10.4. The summed E-state index contributed by atoms with van der Waals surface area (Å²) in [6.07, 6.45) is 3.18. The molecule has 2 rings (SSSR count). The number of anilines is 1. The van der Waals surface area contributed by atoms with Crippen LogP contribution in [0.1, 0.15) is 17.4 Å². The van der Waals surface area contributed by atoms with Crippen molar-refractivity contribution < 1.29 is 9.53 Å². The number of hydrogen-bond donors (Lipinski definition) is 1. The average molecular weight is 205 g/mol. The van der Waals surface area contributed by atoms with E-state index in [1.807, 2.05) is 0 Å². The fraction of sp³-hybridized carbons (Fsp3) is 0.200. The molecule has 2 aromatic rings. The van der Waals surface area contributed by atoms with Gasteiger partial charge in [0.25, 0.3) is 0 Å². The molecule has 2 N–H and O–H groups in total. The molecule has 0 unspecified atom stereocenters. The number of aromatic nitrogens is 2. The average Bonchev–Trinajstić information content (AvgIpc) is 2.60. The van der Waals surface area contributed by atoms with Crippen molar-refractivity contribution in [1.82, 2.24) is 9.38 Å². The Kier molecular flexibility index (Phi) is 2.29. The second kappa shape index (κ2) is 3.61. The van der Waals surface area contributed by atoms with E-state index < -0.39 is 0 Å². The predicted octanol–water partition coefficient (Wildman–Crippen LogP) is 1.09. The number of pyridine rings is 1. The van der Waals surface area contributed by atoms with Crippen LogP contribution in [0.2, 0.25) is 0 Å². The van der Waals surface area contributed by atoms with Crippen LogP contribution in [0.5, 0.6) is 0 Å². The summed E-state index contributed by atoms with van der Waals surface area (Å²) in [6.45, 7) is 2.11. The second-order valence-electron chi connectivity index (χ2n) is 3.05. The van der Waals surface area contributed by atoms with Crippen LogP contribution >= 0.6 is 0 Å². The highest BCUT2D eigenvalue weighted by Crippen LogP contribution is 2.11. The molecule has 0 aromatic carbocycles. The Morgan fingerprint density at radius 1 is 1.67 bits per heavy atom. The molecule has 0 radical (unpaired) electrons. The summed E-state index contributed by atoms with van der Waals surface area (Å²) in [7, 11) is 0. The van der Waals surface area contributed by atoms with E-state index in [2.05, 4.69) is 4.98 Å². The van der Waals surface area contributed by atoms with E-state index in [1.54, 1.807) is 29.7 Å². The van der Waals surface area contributed by atoms with Crippen molar-refractivity contribution in [3.63, 3.8) is 0 Å². The number of nitrogens with two attached hydrogens (primary N) is 1. The molecule has 0 fully saturated rings. The van der Waals surface area contributed by atoms with Gasteiger partial charge in [0.1, 0.15) is 5.65 Å². The van der Waals surface area contributed by atoms with Crippen LogP contribution in [0.15, 0.2) is 24.5 Å². The minimum Gasteiger partial charge on any atom is -0.461 e. The van der Waals surface area contributed by atoms with E-state index in [9.17, 15) is 4.79 Å². The van der Waals surface area contributed by atoms with E-state index >= 15 is 0 Å². The summed E-state index contributed by atoms with van der Waals surface area (Å²) < 4.78 is 6.54. The Bertz CT molecular complexity index is 504. The van der Waals surface area contributed by atoms with Crippen LogP contribution in [0.25, 0.3) is 5.65 Å². The molecule has 0 spiro atoms. The number of nitrogen functional groups attached to an aromatic ring is 1. The van der Waals surface area contributed by atoms with Crippen LogP contribution in [-0.2, 0) is 4.74 Å². The summed E-state index contributed by atoms with van der Waals surface area (Å²) in [5.74, 6) is -0.380. The minimum absolute atomic E-state index is 0.348. The van der Waals surface area contributed by atoms with Crippen LogP contribution in [-0.4, -0.2) is 22.0 Å². The number of nitrogens with zero attached hydrogens (tertiary/aromatic N) is 2. The van der Waals surface area contributed by atoms with Crippen LogP contribution in [0.4, 0.5) is 5.69 Å². The molecule has 2 aromatic heterocycles.